The van der Waals surface area contributed by atoms with Crippen LogP contribution < -0.4 is 10.6 Å². The summed E-state index contributed by atoms with van der Waals surface area (Å²) in [7, 11) is 0. The topological polar surface area (TPSA) is 129 Å². The first-order chi connectivity index (χ1) is 17.1. The number of fused-ring (bicyclic) bond motifs is 2. The van der Waals surface area contributed by atoms with Gasteiger partial charge in [0, 0.05) is 24.7 Å². The molecular weight excluding hydrogens is 471 g/mol. The van der Waals surface area contributed by atoms with Crippen molar-refractivity contribution < 1.29 is 14.4 Å². The molecule has 2 aliphatic rings. The highest BCUT2D eigenvalue weighted by molar-refractivity contribution is 8.00. The Morgan fingerprint density at radius 2 is 2.11 bits per heavy atom. The van der Waals surface area contributed by atoms with Gasteiger partial charge in [0.25, 0.3) is 0 Å². The number of aromatic nitrogens is 4. The molecule has 0 unspecified atom stereocenters. The number of nitrogens with one attached hydrogen (secondary N) is 2. The summed E-state index contributed by atoms with van der Waals surface area (Å²) in [5.41, 5.74) is 2.82. The van der Waals surface area contributed by atoms with Crippen molar-refractivity contribution in [3.05, 3.63) is 47.3 Å². The third kappa shape index (κ3) is 5.55. The lowest BCUT2D eigenvalue weighted by Gasteiger charge is -2.32. The maximum atomic E-state index is 14.6. The number of rotatable bonds is 7. The van der Waals surface area contributed by atoms with E-state index in [9.17, 15) is 9.18 Å². The molecule has 0 aliphatic carbocycles. The Morgan fingerprint density at radius 3 is 2.94 bits per heavy atom. The number of amides is 1. The third-order valence-electron chi connectivity index (χ3n) is 6.20. The second-order valence-electron chi connectivity index (χ2n) is 8.53. The van der Waals surface area contributed by atoms with Crippen LogP contribution in [0.3, 0.4) is 0 Å². The molecular formula is C23H25FN8O2S. The molecule has 0 saturated carbocycles. The molecule has 0 atom stereocenters. The van der Waals surface area contributed by atoms with E-state index in [1.54, 1.807) is 12.3 Å². The number of oxime groups is 1. The molecule has 1 fully saturated rings. The van der Waals surface area contributed by atoms with E-state index >= 15 is 0 Å². The first kappa shape index (κ1) is 23.5. The van der Waals surface area contributed by atoms with Crippen molar-refractivity contribution in [2.75, 3.05) is 30.7 Å². The molecule has 0 radical (unpaired) electrons. The van der Waals surface area contributed by atoms with Crippen LogP contribution in [-0.4, -0.2) is 73.6 Å². The van der Waals surface area contributed by atoms with Gasteiger partial charge < -0.3 is 20.7 Å². The zero-order valence-electron chi connectivity index (χ0n) is 18.9. The molecule has 182 valence electrons. The molecule has 10 nitrogen and oxygen atoms in total. The minimum atomic E-state index is -0.304. The van der Waals surface area contributed by atoms with E-state index < -0.39 is 0 Å². The molecule has 0 bridgehead atoms. The van der Waals surface area contributed by atoms with E-state index in [-0.39, 0.29) is 11.7 Å². The molecule has 1 aromatic carbocycles. The van der Waals surface area contributed by atoms with Gasteiger partial charge >= 0.3 is 0 Å². The van der Waals surface area contributed by atoms with E-state index in [4.69, 9.17) is 5.21 Å². The molecule has 1 amide bonds. The van der Waals surface area contributed by atoms with Crippen LogP contribution in [0, 0.1) is 5.82 Å². The SMILES string of the molecule is O=C1CSc2ncc(CNC3CCN(CCc4c(F)ccc5ncc(C=NO)nc45)CC3)nc2N1. The predicted molar refractivity (Wildman–Crippen MR) is 130 cm³/mol. The van der Waals surface area contributed by atoms with Crippen LogP contribution in [0.15, 0.2) is 34.7 Å². The molecule has 12 heteroatoms. The summed E-state index contributed by atoms with van der Waals surface area (Å²) in [6.45, 7) is 3.11. The summed E-state index contributed by atoms with van der Waals surface area (Å²) in [6, 6.07) is 3.39. The third-order valence-corrected chi connectivity index (χ3v) is 7.17. The summed E-state index contributed by atoms with van der Waals surface area (Å²) in [5, 5.41) is 18.8. The van der Waals surface area contributed by atoms with Gasteiger partial charge in [0.2, 0.25) is 5.91 Å². The molecule has 5 rings (SSSR count). The Balaban J connectivity index is 1.14. The summed E-state index contributed by atoms with van der Waals surface area (Å²) >= 11 is 1.40. The minimum Gasteiger partial charge on any atom is -0.411 e. The average Bonchev–Trinajstić information content (AvgIpc) is 2.87. The number of halogens is 1. The lowest BCUT2D eigenvalue weighted by Crippen LogP contribution is -2.43. The number of thioether (sulfide) groups is 1. The predicted octanol–water partition coefficient (Wildman–Crippen LogP) is 2.21. The van der Waals surface area contributed by atoms with E-state index in [0.717, 1.165) is 43.2 Å². The quantitative estimate of drug-likeness (QED) is 0.256. The van der Waals surface area contributed by atoms with Crippen LogP contribution in [0.4, 0.5) is 10.2 Å². The van der Waals surface area contributed by atoms with Gasteiger partial charge in [0.1, 0.15) is 16.5 Å². The molecule has 35 heavy (non-hydrogen) atoms. The van der Waals surface area contributed by atoms with Gasteiger partial charge in [-0.1, -0.05) is 16.9 Å². The highest BCUT2D eigenvalue weighted by Gasteiger charge is 2.21. The van der Waals surface area contributed by atoms with Crippen molar-refractivity contribution in [3.63, 3.8) is 0 Å². The highest BCUT2D eigenvalue weighted by atomic mass is 32.2. The number of carbonyl (C=O) groups excluding carboxylic acids is 1. The minimum absolute atomic E-state index is 0.0517. The van der Waals surface area contributed by atoms with E-state index in [1.807, 2.05) is 0 Å². The van der Waals surface area contributed by atoms with Crippen molar-refractivity contribution in [2.45, 2.75) is 36.9 Å². The van der Waals surface area contributed by atoms with Gasteiger partial charge in [-0.25, -0.2) is 19.3 Å². The largest absolute Gasteiger partial charge is 0.411 e. The molecule has 3 aromatic rings. The number of carbonyl (C=O) groups is 1. The van der Waals surface area contributed by atoms with Crippen LogP contribution in [0.25, 0.3) is 11.0 Å². The number of hydrogen-bond donors (Lipinski definition) is 3. The van der Waals surface area contributed by atoms with E-state index in [0.29, 0.717) is 52.9 Å². The normalized spacial score (nSPS) is 17.1. The van der Waals surface area contributed by atoms with Gasteiger partial charge in [0.15, 0.2) is 5.82 Å². The van der Waals surface area contributed by atoms with Crippen LogP contribution in [0.2, 0.25) is 0 Å². The summed E-state index contributed by atoms with van der Waals surface area (Å²) in [6.07, 6.45) is 6.89. The Labute approximate surface area is 205 Å². The second kappa shape index (κ2) is 10.6. The smallest absolute Gasteiger partial charge is 0.236 e. The fourth-order valence-electron chi connectivity index (χ4n) is 4.35. The Bertz CT molecular complexity index is 1270. The van der Waals surface area contributed by atoms with Crippen molar-refractivity contribution in [1.29, 1.82) is 0 Å². The van der Waals surface area contributed by atoms with Crippen molar-refractivity contribution >= 4 is 40.7 Å². The van der Waals surface area contributed by atoms with E-state index in [2.05, 4.69) is 40.6 Å². The lowest BCUT2D eigenvalue weighted by molar-refractivity contribution is -0.113. The summed E-state index contributed by atoms with van der Waals surface area (Å²) < 4.78 is 14.6. The van der Waals surface area contributed by atoms with Gasteiger partial charge in [-0.3, -0.25) is 9.78 Å². The highest BCUT2D eigenvalue weighted by Crippen LogP contribution is 2.27. The zero-order valence-corrected chi connectivity index (χ0v) is 19.8. The van der Waals surface area contributed by atoms with Gasteiger partial charge in [-0.15, -0.1) is 0 Å². The first-order valence-electron chi connectivity index (χ1n) is 11.4. The number of nitrogens with zero attached hydrogens (tertiary/aromatic N) is 6. The van der Waals surface area contributed by atoms with Crippen LogP contribution in [-0.2, 0) is 17.8 Å². The van der Waals surface area contributed by atoms with Crippen molar-refractivity contribution in [1.82, 2.24) is 30.2 Å². The number of piperidine rings is 1. The van der Waals surface area contributed by atoms with Crippen LogP contribution in [0.1, 0.15) is 29.8 Å². The molecule has 2 aliphatic heterocycles. The van der Waals surface area contributed by atoms with Gasteiger partial charge in [-0.2, -0.15) is 0 Å². The number of anilines is 1. The molecule has 3 N–H and O–H groups in total. The van der Waals surface area contributed by atoms with Gasteiger partial charge in [0.05, 0.1) is 41.1 Å². The number of hydrogen-bond acceptors (Lipinski definition) is 10. The Kier molecular flexibility index (Phi) is 7.11. The zero-order chi connectivity index (χ0) is 24.2. The Morgan fingerprint density at radius 1 is 1.26 bits per heavy atom. The number of benzene rings is 1. The standard InChI is InChI=1S/C23H25FN8O2S/c24-18-1-2-19-21(29-16(10-26-19)12-28-34)17(18)5-8-32-6-3-14(4-7-32)25-9-15-11-27-23-22(30-15)31-20(33)13-35-23/h1-2,10-12,14,25,34H,3-9,13H2,(H,30,31,33). The Hall–Kier alpha value is -3.22. The first-order valence-corrected chi connectivity index (χ1v) is 12.4. The fraction of sp³-hybridized carbons (Fsp3) is 0.391. The average molecular weight is 497 g/mol. The molecule has 4 heterocycles. The monoisotopic (exact) mass is 496 g/mol. The van der Waals surface area contributed by atoms with Gasteiger partial charge in [-0.05, 0) is 44.5 Å². The molecule has 1 saturated heterocycles. The fourth-order valence-corrected chi connectivity index (χ4v) is 5.05. The molecule has 2 aromatic heterocycles. The van der Waals surface area contributed by atoms with Crippen LogP contribution >= 0.6 is 11.8 Å². The number of likely N-dealkylation sites (tertiary alicyclic amines) is 1. The lowest BCUT2D eigenvalue weighted by atomic mass is 10.0. The van der Waals surface area contributed by atoms with E-state index in [1.165, 1.54) is 30.2 Å². The van der Waals surface area contributed by atoms with Crippen LogP contribution in [0.5, 0.6) is 0 Å². The maximum absolute atomic E-state index is 14.6. The second-order valence-corrected chi connectivity index (χ2v) is 9.50. The molecule has 0 spiro atoms. The summed E-state index contributed by atoms with van der Waals surface area (Å²) in [5.74, 6) is 0.561. The van der Waals surface area contributed by atoms with Crippen molar-refractivity contribution in [2.24, 2.45) is 5.16 Å². The maximum Gasteiger partial charge on any atom is 0.236 e. The summed E-state index contributed by atoms with van der Waals surface area (Å²) in [4.78, 5) is 31.5. The van der Waals surface area contributed by atoms with Crippen molar-refractivity contribution in [3.8, 4) is 0 Å².